The molecule has 1 atom stereocenters. The van der Waals surface area contributed by atoms with Crippen molar-refractivity contribution in [3.8, 4) is 0 Å². The molecule has 0 rings (SSSR count). The summed E-state index contributed by atoms with van der Waals surface area (Å²) in [6.45, 7) is 6.86. The second-order valence-electron chi connectivity index (χ2n) is 4.45. The van der Waals surface area contributed by atoms with Crippen LogP contribution in [-0.4, -0.2) is 61.4 Å². The number of methoxy groups -OCH3 is 1. The van der Waals surface area contributed by atoms with Crippen LogP contribution >= 0.6 is 0 Å². The van der Waals surface area contributed by atoms with Crippen LogP contribution in [-0.2, 0) is 9.53 Å². The van der Waals surface area contributed by atoms with E-state index < -0.39 is 11.6 Å². The fourth-order valence-electron chi connectivity index (χ4n) is 1.64. The molecule has 0 saturated carbocycles. The molecule has 0 aliphatic carbocycles. The Balaban J connectivity index is 4.27. The van der Waals surface area contributed by atoms with Crippen LogP contribution in [0.3, 0.4) is 0 Å². The van der Waals surface area contributed by atoms with Crippen LogP contribution in [0.5, 0.6) is 0 Å². The van der Waals surface area contributed by atoms with Crippen LogP contribution in [0.2, 0.25) is 0 Å². The van der Waals surface area contributed by atoms with Crippen LogP contribution in [0, 0.1) is 0 Å². The van der Waals surface area contributed by atoms with Gasteiger partial charge in [-0.2, -0.15) is 0 Å². The van der Waals surface area contributed by atoms with Gasteiger partial charge in [0.05, 0.1) is 18.2 Å². The Morgan fingerprint density at radius 2 is 2.12 bits per heavy atom. The van der Waals surface area contributed by atoms with Gasteiger partial charge in [-0.1, -0.05) is 6.92 Å². The first-order valence-corrected chi connectivity index (χ1v) is 5.52. The minimum atomic E-state index is -0.642. The number of ether oxygens (including phenoxy) is 1. The van der Waals surface area contributed by atoms with Crippen LogP contribution in [0.4, 0.5) is 0 Å². The van der Waals surface area contributed by atoms with Crippen molar-refractivity contribution >= 4 is 5.91 Å². The van der Waals surface area contributed by atoms with Crippen molar-refractivity contribution in [1.82, 2.24) is 10.2 Å². The van der Waals surface area contributed by atoms with E-state index in [0.717, 1.165) is 6.54 Å². The Bertz CT molecular complexity index is 219. The van der Waals surface area contributed by atoms with Gasteiger partial charge in [0.2, 0.25) is 5.91 Å². The third-order valence-electron chi connectivity index (χ3n) is 2.34. The molecule has 0 aliphatic rings. The highest BCUT2D eigenvalue weighted by atomic mass is 16.5. The first kappa shape index (κ1) is 15.3. The predicted octanol–water partition coefficient (Wildman–Crippen LogP) is -0.160. The molecule has 2 N–H and O–H groups in total. The molecule has 0 aromatic heterocycles. The molecule has 1 amide bonds. The SMILES string of the molecule is CCNC(C)(C)C(=O)N(C)CC(O)COC. The number of hydrogen-bond acceptors (Lipinski definition) is 4. The van der Waals surface area contributed by atoms with Gasteiger partial charge in [-0.05, 0) is 20.4 Å². The first-order chi connectivity index (χ1) is 7.35. The maximum atomic E-state index is 12.0. The molecule has 0 spiro atoms. The summed E-state index contributed by atoms with van der Waals surface area (Å²) in [4.78, 5) is 13.5. The summed E-state index contributed by atoms with van der Waals surface area (Å²) in [7, 11) is 3.20. The Labute approximate surface area is 97.8 Å². The van der Waals surface area contributed by atoms with Gasteiger partial charge in [-0.15, -0.1) is 0 Å². The summed E-state index contributed by atoms with van der Waals surface area (Å²) in [6, 6.07) is 0. The van der Waals surface area contributed by atoms with Gasteiger partial charge < -0.3 is 20.1 Å². The molecule has 96 valence electrons. The summed E-state index contributed by atoms with van der Waals surface area (Å²) in [5.74, 6) is -0.0375. The number of rotatable bonds is 7. The highest BCUT2D eigenvalue weighted by Crippen LogP contribution is 2.07. The lowest BCUT2D eigenvalue weighted by molar-refractivity contribution is -0.137. The Kier molecular flexibility index (Phi) is 6.55. The molecule has 5 nitrogen and oxygen atoms in total. The number of carbonyl (C=O) groups is 1. The Morgan fingerprint density at radius 3 is 2.56 bits per heavy atom. The summed E-state index contributed by atoms with van der Waals surface area (Å²) in [5.41, 5.74) is -0.601. The number of nitrogens with one attached hydrogen (secondary N) is 1. The van der Waals surface area contributed by atoms with Gasteiger partial charge in [0, 0.05) is 20.7 Å². The lowest BCUT2D eigenvalue weighted by Gasteiger charge is -2.31. The van der Waals surface area contributed by atoms with E-state index in [-0.39, 0.29) is 19.1 Å². The highest BCUT2D eigenvalue weighted by Gasteiger charge is 2.29. The van der Waals surface area contributed by atoms with Gasteiger partial charge in [0.25, 0.3) is 0 Å². The summed E-state index contributed by atoms with van der Waals surface area (Å²) >= 11 is 0. The molecule has 16 heavy (non-hydrogen) atoms. The van der Waals surface area contributed by atoms with Crippen molar-refractivity contribution < 1.29 is 14.6 Å². The van der Waals surface area contributed by atoms with Crippen molar-refractivity contribution in [3.05, 3.63) is 0 Å². The number of hydrogen-bond donors (Lipinski definition) is 2. The summed E-state index contributed by atoms with van der Waals surface area (Å²) in [5, 5.41) is 12.6. The number of carbonyl (C=O) groups excluding carboxylic acids is 1. The maximum absolute atomic E-state index is 12.0. The van der Waals surface area contributed by atoms with Crippen molar-refractivity contribution in [1.29, 1.82) is 0 Å². The van der Waals surface area contributed by atoms with Gasteiger partial charge in [0.15, 0.2) is 0 Å². The van der Waals surface area contributed by atoms with Gasteiger partial charge >= 0.3 is 0 Å². The normalized spacial score (nSPS) is 13.6. The van der Waals surface area contributed by atoms with Gasteiger partial charge in [-0.3, -0.25) is 4.79 Å². The van der Waals surface area contributed by atoms with Gasteiger partial charge in [-0.25, -0.2) is 0 Å². The van der Waals surface area contributed by atoms with E-state index >= 15 is 0 Å². The maximum Gasteiger partial charge on any atom is 0.242 e. The molecule has 5 heteroatoms. The van der Waals surface area contributed by atoms with Crippen molar-refractivity contribution in [2.45, 2.75) is 32.4 Å². The lowest BCUT2D eigenvalue weighted by Crippen LogP contribution is -2.54. The second-order valence-corrected chi connectivity index (χ2v) is 4.45. The zero-order valence-electron chi connectivity index (χ0n) is 10.9. The molecule has 0 aromatic carbocycles. The molecule has 0 aromatic rings. The van der Waals surface area contributed by atoms with Crippen LogP contribution in [0.15, 0.2) is 0 Å². The minimum absolute atomic E-state index is 0.0375. The smallest absolute Gasteiger partial charge is 0.242 e. The Hall–Kier alpha value is -0.650. The monoisotopic (exact) mass is 232 g/mol. The third kappa shape index (κ3) is 4.92. The molecule has 0 fully saturated rings. The third-order valence-corrected chi connectivity index (χ3v) is 2.34. The number of aliphatic hydroxyl groups excluding tert-OH is 1. The average Bonchev–Trinajstić information content (AvgIpc) is 2.16. The topological polar surface area (TPSA) is 61.8 Å². The molecule has 0 bridgehead atoms. The zero-order valence-corrected chi connectivity index (χ0v) is 10.9. The molecular weight excluding hydrogens is 208 g/mol. The van der Waals surface area contributed by atoms with E-state index in [0.29, 0.717) is 0 Å². The average molecular weight is 232 g/mol. The number of aliphatic hydroxyl groups is 1. The highest BCUT2D eigenvalue weighted by molar-refractivity contribution is 5.85. The fraction of sp³-hybridized carbons (Fsp3) is 0.909. The molecule has 1 unspecified atom stereocenters. The quantitative estimate of drug-likeness (QED) is 0.640. The van der Waals surface area contributed by atoms with E-state index in [1.807, 2.05) is 20.8 Å². The predicted molar refractivity (Wildman–Crippen MR) is 63.3 cm³/mol. The van der Waals surface area contributed by atoms with Crippen molar-refractivity contribution in [3.63, 3.8) is 0 Å². The van der Waals surface area contributed by atoms with E-state index in [9.17, 15) is 9.90 Å². The molecule has 0 saturated heterocycles. The fourth-order valence-corrected chi connectivity index (χ4v) is 1.64. The Morgan fingerprint density at radius 1 is 1.56 bits per heavy atom. The van der Waals surface area contributed by atoms with Gasteiger partial charge in [0.1, 0.15) is 0 Å². The zero-order chi connectivity index (χ0) is 12.8. The first-order valence-electron chi connectivity index (χ1n) is 5.52. The molecular formula is C11H24N2O3. The number of nitrogens with zero attached hydrogens (tertiary/aromatic N) is 1. The summed E-state index contributed by atoms with van der Waals surface area (Å²) in [6.07, 6.45) is -0.642. The van der Waals surface area contributed by atoms with Crippen molar-refractivity contribution in [2.24, 2.45) is 0 Å². The van der Waals surface area contributed by atoms with E-state index in [4.69, 9.17) is 4.74 Å². The van der Waals surface area contributed by atoms with Crippen LogP contribution < -0.4 is 5.32 Å². The van der Waals surface area contributed by atoms with Crippen molar-refractivity contribution in [2.75, 3.05) is 33.9 Å². The van der Waals surface area contributed by atoms with Crippen LogP contribution in [0.25, 0.3) is 0 Å². The second kappa shape index (κ2) is 6.83. The number of likely N-dealkylation sites (N-methyl/N-ethyl adjacent to an activating group) is 2. The summed E-state index contributed by atoms with van der Waals surface area (Å²) < 4.78 is 4.81. The minimum Gasteiger partial charge on any atom is -0.389 e. The number of amides is 1. The molecule has 0 radical (unpaired) electrons. The van der Waals surface area contributed by atoms with E-state index in [1.165, 1.54) is 12.0 Å². The molecule has 0 heterocycles. The standard InChI is InChI=1S/C11H24N2O3/c1-6-12-11(2,3)10(15)13(4)7-9(14)8-16-5/h9,12,14H,6-8H2,1-5H3. The largest absolute Gasteiger partial charge is 0.389 e. The molecule has 0 aliphatic heterocycles. The van der Waals surface area contributed by atoms with Crippen LogP contribution in [0.1, 0.15) is 20.8 Å². The van der Waals surface area contributed by atoms with E-state index in [2.05, 4.69) is 5.32 Å². The lowest BCUT2D eigenvalue weighted by atomic mass is 10.0. The van der Waals surface area contributed by atoms with E-state index in [1.54, 1.807) is 7.05 Å².